The van der Waals surface area contributed by atoms with Crippen LogP contribution in [0, 0.1) is 0 Å². The van der Waals surface area contributed by atoms with Crippen LogP contribution < -0.4 is 10.6 Å². The van der Waals surface area contributed by atoms with Crippen molar-refractivity contribution in [1.82, 2.24) is 10.6 Å². The summed E-state index contributed by atoms with van der Waals surface area (Å²) >= 11 is 3.45. The lowest BCUT2D eigenvalue weighted by molar-refractivity contribution is 0.781. The first-order valence-electron chi connectivity index (χ1n) is 5.45. The van der Waals surface area contributed by atoms with Crippen LogP contribution in [0.15, 0.2) is 33.7 Å². The monoisotopic (exact) mass is 283 g/mol. The van der Waals surface area contributed by atoms with Crippen molar-refractivity contribution in [2.45, 2.75) is 19.9 Å². The molecule has 0 bridgehead atoms. The van der Waals surface area contributed by atoms with Crippen LogP contribution in [0.1, 0.15) is 18.9 Å². The highest BCUT2D eigenvalue weighted by Gasteiger charge is 1.97. The number of benzene rings is 1. The van der Waals surface area contributed by atoms with E-state index in [1.807, 2.05) is 12.1 Å². The minimum Gasteiger partial charge on any atom is -0.356 e. The molecule has 88 valence electrons. The minimum atomic E-state index is 0.781. The molecule has 0 aliphatic rings. The first-order valence-corrected chi connectivity index (χ1v) is 6.24. The fraction of sp³-hybridized carbons (Fsp3) is 0.417. The molecular formula is C12H18BrN3. The number of aliphatic imine (C=N–C) groups is 1. The van der Waals surface area contributed by atoms with Gasteiger partial charge in [0.2, 0.25) is 0 Å². The summed E-state index contributed by atoms with van der Waals surface area (Å²) in [5.74, 6) is 0.849. The summed E-state index contributed by atoms with van der Waals surface area (Å²) in [6.07, 6.45) is 1.09. The maximum atomic E-state index is 4.15. The van der Waals surface area contributed by atoms with Crippen LogP contribution in [0.5, 0.6) is 0 Å². The second-order valence-corrected chi connectivity index (χ2v) is 4.40. The van der Waals surface area contributed by atoms with E-state index in [1.54, 1.807) is 7.05 Å². The van der Waals surface area contributed by atoms with E-state index in [0.717, 1.165) is 29.9 Å². The molecule has 0 radical (unpaired) electrons. The smallest absolute Gasteiger partial charge is 0.191 e. The van der Waals surface area contributed by atoms with Gasteiger partial charge >= 0.3 is 0 Å². The summed E-state index contributed by atoms with van der Waals surface area (Å²) in [5, 5.41) is 6.50. The van der Waals surface area contributed by atoms with Crippen LogP contribution >= 0.6 is 15.9 Å². The van der Waals surface area contributed by atoms with Crippen molar-refractivity contribution in [3.8, 4) is 0 Å². The highest BCUT2D eigenvalue weighted by atomic mass is 79.9. The van der Waals surface area contributed by atoms with E-state index in [-0.39, 0.29) is 0 Å². The SMILES string of the molecule is CCCNC(=NC)NCc1cccc(Br)c1. The van der Waals surface area contributed by atoms with Gasteiger partial charge in [0.05, 0.1) is 0 Å². The van der Waals surface area contributed by atoms with Gasteiger partial charge in [-0.25, -0.2) is 0 Å². The summed E-state index contributed by atoms with van der Waals surface area (Å²) in [6, 6.07) is 8.24. The molecule has 0 aliphatic carbocycles. The molecule has 1 rings (SSSR count). The predicted octanol–water partition coefficient (Wildman–Crippen LogP) is 2.52. The molecule has 3 nitrogen and oxygen atoms in total. The molecule has 0 fully saturated rings. The second-order valence-electron chi connectivity index (χ2n) is 3.48. The molecule has 1 aromatic carbocycles. The third kappa shape index (κ3) is 4.66. The Balaban J connectivity index is 2.43. The van der Waals surface area contributed by atoms with Gasteiger partial charge in [-0.1, -0.05) is 35.0 Å². The molecule has 0 atom stereocenters. The van der Waals surface area contributed by atoms with Gasteiger partial charge in [0.1, 0.15) is 0 Å². The van der Waals surface area contributed by atoms with E-state index in [1.165, 1.54) is 5.56 Å². The Bertz CT molecular complexity index is 350. The van der Waals surface area contributed by atoms with E-state index >= 15 is 0 Å². The average Bonchev–Trinajstić information content (AvgIpc) is 2.29. The number of rotatable bonds is 4. The molecule has 0 saturated heterocycles. The lowest BCUT2D eigenvalue weighted by Gasteiger charge is -2.11. The Morgan fingerprint density at radius 1 is 1.38 bits per heavy atom. The lowest BCUT2D eigenvalue weighted by atomic mass is 10.2. The van der Waals surface area contributed by atoms with Crippen LogP contribution in [0.25, 0.3) is 0 Å². The number of nitrogens with one attached hydrogen (secondary N) is 2. The Morgan fingerprint density at radius 2 is 2.19 bits per heavy atom. The van der Waals surface area contributed by atoms with Crippen LogP contribution in [0.2, 0.25) is 0 Å². The zero-order chi connectivity index (χ0) is 11.8. The van der Waals surface area contributed by atoms with Crippen molar-refractivity contribution in [2.75, 3.05) is 13.6 Å². The first kappa shape index (κ1) is 13.0. The van der Waals surface area contributed by atoms with E-state index in [2.05, 4.69) is 50.6 Å². The van der Waals surface area contributed by atoms with Crippen molar-refractivity contribution in [3.05, 3.63) is 34.3 Å². The third-order valence-corrected chi connectivity index (χ3v) is 2.61. The Labute approximate surface area is 105 Å². The molecule has 0 aromatic heterocycles. The number of hydrogen-bond acceptors (Lipinski definition) is 1. The van der Waals surface area contributed by atoms with Gasteiger partial charge in [-0.2, -0.15) is 0 Å². The molecular weight excluding hydrogens is 266 g/mol. The third-order valence-electron chi connectivity index (χ3n) is 2.12. The summed E-state index contributed by atoms with van der Waals surface area (Å²) in [7, 11) is 1.78. The fourth-order valence-electron chi connectivity index (χ4n) is 1.30. The second kappa shape index (κ2) is 7.28. The molecule has 0 saturated carbocycles. The summed E-state index contributed by atoms with van der Waals surface area (Å²) < 4.78 is 1.10. The van der Waals surface area contributed by atoms with E-state index in [9.17, 15) is 0 Å². The van der Waals surface area contributed by atoms with Crippen molar-refractivity contribution in [3.63, 3.8) is 0 Å². The van der Waals surface area contributed by atoms with E-state index < -0.39 is 0 Å². The Kier molecular flexibility index (Phi) is 5.93. The number of halogens is 1. The number of hydrogen-bond donors (Lipinski definition) is 2. The van der Waals surface area contributed by atoms with Crippen molar-refractivity contribution in [2.24, 2.45) is 4.99 Å². The normalized spacial score (nSPS) is 11.3. The maximum Gasteiger partial charge on any atom is 0.191 e. The molecule has 16 heavy (non-hydrogen) atoms. The van der Waals surface area contributed by atoms with Crippen LogP contribution in [0.3, 0.4) is 0 Å². The van der Waals surface area contributed by atoms with Gasteiger partial charge in [0.15, 0.2) is 5.96 Å². The van der Waals surface area contributed by atoms with Crippen LogP contribution in [-0.2, 0) is 6.54 Å². The van der Waals surface area contributed by atoms with Gasteiger partial charge < -0.3 is 10.6 Å². The largest absolute Gasteiger partial charge is 0.356 e. The van der Waals surface area contributed by atoms with Gasteiger partial charge in [0.25, 0.3) is 0 Å². The molecule has 0 amide bonds. The predicted molar refractivity (Wildman–Crippen MR) is 72.6 cm³/mol. The first-order chi connectivity index (χ1) is 7.76. The zero-order valence-electron chi connectivity index (χ0n) is 9.76. The van der Waals surface area contributed by atoms with Gasteiger partial charge in [-0.3, -0.25) is 4.99 Å². The average molecular weight is 284 g/mol. The minimum absolute atomic E-state index is 0.781. The number of guanidine groups is 1. The lowest BCUT2D eigenvalue weighted by Crippen LogP contribution is -2.37. The molecule has 4 heteroatoms. The summed E-state index contributed by atoms with van der Waals surface area (Å²) in [5.41, 5.74) is 1.23. The molecule has 0 spiro atoms. The van der Waals surface area contributed by atoms with Crippen LogP contribution in [0.4, 0.5) is 0 Å². The van der Waals surface area contributed by atoms with Gasteiger partial charge in [-0.15, -0.1) is 0 Å². The fourth-order valence-corrected chi connectivity index (χ4v) is 1.74. The Hall–Kier alpha value is -1.03. The van der Waals surface area contributed by atoms with Crippen molar-refractivity contribution < 1.29 is 0 Å². The summed E-state index contributed by atoms with van der Waals surface area (Å²) in [4.78, 5) is 4.15. The van der Waals surface area contributed by atoms with E-state index in [4.69, 9.17) is 0 Å². The maximum absolute atomic E-state index is 4.15. The van der Waals surface area contributed by atoms with Crippen molar-refractivity contribution in [1.29, 1.82) is 0 Å². The number of nitrogens with zero attached hydrogens (tertiary/aromatic N) is 1. The van der Waals surface area contributed by atoms with E-state index in [0.29, 0.717) is 0 Å². The summed E-state index contributed by atoms with van der Waals surface area (Å²) in [6.45, 7) is 3.86. The highest BCUT2D eigenvalue weighted by molar-refractivity contribution is 9.10. The highest BCUT2D eigenvalue weighted by Crippen LogP contribution is 2.11. The standard InChI is InChI=1S/C12H18BrN3/c1-3-7-15-12(14-2)16-9-10-5-4-6-11(13)8-10/h4-6,8H,3,7,9H2,1-2H3,(H2,14,15,16). The molecule has 0 unspecified atom stereocenters. The zero-order valence-corrected chi connectivity index (χ0v) is 11.3. The molecule has 2 N–H and O–H groups in total. The Morgan fingerprint density at radius 3 is 2.81 bits per heavy atom. The van der Waals surface area contributed by atoms with Crippen molar-refractivity contribution >= 4 is 21.9 Å². The topological polar surface area (TPSA) is 36.4 Å². The molecule has 0 heterocycles. The van der Waals surface area contributed by atoms with Crippen LogP contribution in [-0.4, -0.2) is 19.6 Å². The quantitative estimate of drug-likeness (QED) is 0.658. The molecule has 1 aromatic rings. The van der Waals surface area contributed by atoms with Gasteiger partial charge in [0, 0.05) is 24.6 Å². The molecule has 0 aliphatic heterocycles. The van der Waals surface area contributed by atoms with Gasteiger partial charge in [-0.05, 0) is 24.1 Å².